The highest BCUT2D eigenvalue weighted by Crippen LogP contribution is 2.43. The van der Waals surface area contributed by atoms with Gasteiger partial charge < -0.3 is 10.1 Å². The van der Waals surface area contributed by atoms with Gasteiger partial charge in [-0.3, -0.25) is 0 Å². The first-order chi connectivity index (χ1) is 9.11. The summed E-state index contributed by atoms with van der Waals surface area (Å²) >= 11 is 0. The van der Waals surface area contributed by atoms with Gasteiger partial charge in [0.25, 0.3) is 0 Å². The number of nitrogens with one attached hydrogen (secondary N) is 1. The van der Waals surface area contributed by atoms with Crippen LogP contribution in [0.4, 0.5) is 4.39 Å². The molecular weight excluding hydrogens is 241 g/mol. The number of methoxy groups -OCH3 is 1. The van der Waals surface area contributed by atoms with Crippen LogP contribution in [0.5, 0.6) is 0 Å². The van der Waals surface area contributed by atoms with E-state index in [1.54, 1.807) is 7.11 Å². The predicted molar refractivity (Wildman–Crippen MR) is 75.6 cm³/mol. The van der Waals surface area contributed by atoms with Gasteiger partial charge in [0.2, 0.25) is 0 Å². The molecular formula is C16H24FNO. The summed E-state index contributed by atoms with van der Waals surface area (Å²) in [4.78, 5) is 0. The normalized spacial score (nSPS) is 29.2. The lowest BCUT2D eigenvalue weighted by Crippen LogP contribution is -2.47. The zero-order valence-corrected chi connectivity index (χ0v) is 12.1. The Morgan fingerprint density at radius 1 is 1.37 bits per heavy atom. The van der Waals surface area contributed by atoms with Crippen LogP contribution in [0, 0.1) is 11.7 Å². The van der Waals surface area contributed by atoms with E-state index in [0.717, 1.165) is 18.4 Å². The van der Waals surface area contributed by atoms with Crippen LogP contribution < -0.4 is 5.32 Å². The molecule has 106 valence electrons. The fourth-order valence-corrected chi connectivity index (χ4v) is 3.50. The second kappa shape index (κ2) is 6.02. The number of hydrogen-bond acceptors (Lipinski definition) is 2. The SMILES string of the molecule is CNC(c1ccc(F)cc1)C1(OC)CCCC(C)C1. The van der Waals surface area contributed by atoms with Gasteiger partial charge in [-0.2, -0.15) is 0 Å². The molecule has 1 aliphatic carbocycles. The molecule has 0 radical (unpaired) electrons. The third-order valence-electron chi connectivity index (χ3n) is 4.42. The van der Waals surface area contributed by atoms with Crippen LogP contribution in [0.2, 0.25) is 0 Å². The van der Waals surface area contributed by atoms with Gasteiger partial charge in [-0.05, 0) is 43.5 Å². The Bertz CT molecular complexity index is 406. The Morgan fingerprint density at radius 2 is 2.05 bits per heavy atom. The van der Waals surface area contributed by atoms with E-state index >= 15 is 0 Å². The van der Waals surface area contributed by atoms with Crippen molar-refractivity contribution in [1.29, 1.82) is 0 Å². The fourth-order valence-electron chi connectivity index (χ4n) is 3.50. The molecule has 0 spiro atoms. The molecule has 1 fully saturated rings. The topological polar surface area (TPSA) is 21.3 Å². The van der Waals surface area contributed by atoms with Crippen LogP contribution in [-0.4, -0.2) is 19.8 Å². The van der Waals surface area contributed by atoms with E-state index in [1.165, 1.54) is 25.0 Å². The molecule has 0 bridgehead atoms. The molecule has 0 heterocycles. The van der Waals surface area contributed by atoms with Crippen molar-refractivity contribution in [2.24, 2.45) is 5.92 Å². The summed E-state index contributed by atoms with van der Waals surface area (Å²) in [5, 5.41) is 3.37. The minimum absolute atomic E-state index is 0.112. The lowest BCUT2D eigenvalue weighted by Gasteiger charge is -2.44. The first kappa shape index (κ1) is 14.5. The molecule has 3 heteroatoms. The van der Waals surface area contributed by atoms with Crippen molar-refractivity contribution in [3.8, 4) is 0 Å². The Balaban J connectivity index is 2.30. The molecule has 1 aliphatic rings. The van der Waals surface area contributed by atoms with Gasteiger partial charge in [0.15, 0.2) is 0 Å². The molecule has 2 rings (SSSR count). The third kappa shape index (κ3) is 2.98. The molecule has 0 aromatic heterocycles. The van der Waals surface area contributed by atoms with Crippen LogP contribution in [0.1, 0.15) is 44.2 Å². The zero-order valence-electron chi connectivity index (χ0n) is 12.1. The third-order valence-corrected chi connectivity index (χ3v) is 4.42. The summed E-state index contributed by atoms with van der Waals surface area (Å²) in [6, 6.07) is 6.87. The average Bonchev–Trinajstić information content (AvgIpc) is 2.42. The summed E-state index contributed by atoms with van der Waals surface area (Å²) in [6.07, 6.45) is 4.56. The highest BCUT2D eigenvalue weighted by atomic mass is 19.1. The summed E-state index contributed by atoms with van der Waals surface area (Å²) < 4.78 is 19.0. The second-order valence-corrected chi connectivity index (χ2v) is 5.74. The molecule has 0 saturated heterocycles. The van der Waals surface area contributed by atoms with Gasteiger partial charge in [0.05, 0.1) is 11.6 Å². The maximum atomic E-state index is 13.1. The van der Waals surface area contributed by atoms with Crippen LogP contribution in [0.15, 0.2) is 24.3 Å². The number of likely N-dealkylation sites (N-methyl/N-ethyl adjacent to an activating group) is 1. The lowest BCUT2D eigenvalue weighted by atomic mass is 9.73. The summed E-state index contributed by atoms with van der Waals surface area (Å²) in [6.45, 7) is 2.28. The van der Waals surface area contributed by atoms with Crippen LogP contribution in [-0.2, 0) is 4.74 Å². The largest absolute Gasteiger partial charge is 0.376 e. The van der Waals surface area contributed by atoms with E-state index in [1.807, 2.05) is 19.2 Å². The molecule has 3 unspecified atom stereocenters. The number of halogens is 1. The fraction of sp³-hybridized carbons (Fsp3) is 0.625. The van der Waals surface area contributed by atoms with Gasteiger partial charge >= 0.3 is 0 Å². The van der Waals surface area contributed by atoms with Crippen molar-refractivity contribution in [2.75, 3.05) is 14.2 Å². The molecule has 1 aromatic rings. The zero-order chi connectivity index (χ0) is 13.9. The summed E-state index contributed by atoms with van der Waals surface area (Å²) in [5.41, 5.74) is 0.921. The minimum atomic E-state index is -0.193. The van der Waals surface area contributed by atoms with Crippen molar-refractivity contribution in [3.05, 3.63) is 35.6 Å². The van der Waals surface area contributed by atoms with Gasteiger partial charge in [-0.15, -0.1) is 0 Å². The first-order valence-corrected chi connectivity index (χ1v) is 7.09. The number of hydrogen-bond donors (Lipinski definition) is 1. The molecule has 0 amide bonds. The Morgan fingerprint density at radius 3 is 2.58 bits per heavy atom. The van der Waals surface area contributed by atoms with Crippen molar-refractivity contribution < 1.29 is 9.13 Å². The van der Waals surface area contributed by atoms with Crippen LogP contribution in [0.25, 0.3) is 0 Å². The Hall–Kier alpha value is -0.930. The van der Waals surface area contributed by atoms with Gasteiger partial charge in [0.1, 0.15) is 5.82 Å². The van der Waals surface area contributed by atoms with Gasteiger partial charge in [-0.1, -0.05) is 31.9 Å². The highest BCUT2D eigenvalue weighted by molar-refractivity contribution is 5.23. The van der Waals surface area contributed by atoms with E-state index in [2.05, 4.69) is 12.2 Å². The number of benzene rings is 1. The molecule has 1 saturated carbocycles. The van der Waals surface area contributed by atoms with E-state index in [0.29, 0.717) is 5.92 Å². The minimum Gasteiger partial charge on any atom is -0.376 e. The standard InChI is InChI=1S/C16H24FNO/c1-12-5-4-10-16(11-12,19-3)15(18-2)13-6-8-14(17)9-7-13/h6-9,12,15,18H,4-5,10-11H2,1-3H3. The van der Waals surface area contributed by atoms with Crippen molar-refractivity contribution in [1.82, 2.24) is 5.32 Å². The van der Waals surface area contributed by atoms with Gasteiger partial charge in [0, 0.05) is 7.11 Å². The van der Waals surface area contributed by atoms with Gasteiger partial charge in [-0.25, -0.2) is 4.39 Å². The van der Waals surface area contributed by atoms with Crippen LogP contribution in [0.3, 0.4) is 0 Å². The quantitative estimate of drug-likeness (QED) is 0.896. The average molecular weight is 265 g/mol. The van der Waals surface area contributed by atoms with Crippen LogP contribution >= 0.6 is 0 Å². The molecule has 1 aromatic carbocycles. The van der Waals surface area contributed by atoms with E-state index in [9.17, 15) is 4.39 Å². The van der Waals surface area contributed by atoms with Crippen molar-refractivity contribution in [3.63, 3.8) is 0 Å². The molecule has 19 heavy (non-hydrogen) atoms. The maximum Gasteiger partial charge on any atom is 0.123 e. The number of rotatable bonds is 4. The monoisotopic (exact) mass is 265 g/mol. The summed E-state index contributed by atoms with van der Waals surface area (Å²) in [5.74, 6) is 0.479. The van der Waals surface area contributed by atoms with Crippen molar-refractivity contribution in [2.45, 2.75) is 44.2 Å². The Labute approximate surface area is 115 Å². The highest BCUT2D eigenvalue weighted by Gasteiger charge is 2.42. The lowest BCUT2D eigenvalue weighted by molar-refractivity contribution is -0.0790. The van der Waals surface area contributed by atoms with Crippen molar-refractivity contribution >= 4 is 0 Å². The maximum absolute atomic E-state index is 13.1. The first-order valence-electron chi connectivity index (χ1n) is 7.09. The number of ether oxygens (including phenoxy) is 1. The predicted octanol–water partition coefficient (Wildman–Crippen LogP) is 3.68. The molecule has 0 aliphatic heterocycles. The summed E-state index contributed by atoms with van der Waals surface area (Å²) in [7, 11) is 3.75. The smallest absolute Gasteiger partial charge is 0.123 e. The van der Waals surface area contributed by atoms with E-state index in [4.69, 9.17) is 4.74 Å². The van der Waals surface area contributed by atoms with E-state index < -0.39 is 0 Å². The Kier molecular flexibility index (Phi) is 4.58. The molecule has 1 N–H and O–H groups in total. The molecule has 3 atom stereocenters. The van der Waals surface area contributed by atoms with E-state index in [-0.39, 0.29) is 17.5 Å². The molecule has 2 nitrogen and oxygen atoms in total. The second-order valence-electron chi connectivity index (χ2n) is 5.74.